The molecule has 0 aromatic carbocycles. The average molecular weight is 339 g/mol. The molecule has 39 valence electrons. The molecule has 0 spiro atoms. The van der Waals surface area contributed by atoms with Crippen LogP contribution in [0.3, 0.4) is 0 Å². The molecule has 2 nitrogen and oxygen atoms in total. The van der Waals surface area contributed by atoms with E-state index >= 15 is 0 Å². The molecule has 0 saturated carbocycles. The molecular weight excluding hydrogens is 333 g/mol. The number of rotatable bonds is 0. The van der Waals surface area contributed by atoms with Gasteiger partial charge in [0.05, 0.1) is 5.91 Å². The fraction of sp³-hybridized carbons (Fsp3) is 0.333. The summed E-state index contributed by atoms with van der Waals surface area (Å²) in [5.74, 6) is -0.245. The van der Waals surface area contributed by atoms with Crippen molar-refractivity contribution < 1.29 is 103 Å². The van der Waals surface area contributed by atoms with Crippen LogP contribution < -0.4 is 5.32 Å². The van der Waals surface area contributed by atoms with Crippen molar-refractivity contribution in [1.82, 2.24) is 5.32 Å². The molecule has 0 aromatic rings. The van der Waals surface area contributed by atoms with Crippen molar-refractivity contribution in [3.05, 3.63) is 6.92 Å². The third kappa shape index (κ3) is 23.4. The Morgan fingerprint density at radius 1 is 1.38 bits per heavy atom. The summed E-state index contributed by atoms with van der Waals surface area (Å²) in [7, 11) is 1.54. The molecule has 0 heterocycles. The van der Waals surface area contributed by atoms with Gasteiger partial charge in [-0.1, -0.05) is 0 Å². The third-order valence-electron chi connectivity index (χ3n) is 0.279. The van der Waals surface area contributed by atoms with Gasteiger partial charge in [-0.25, -0.2) is 0 Å². The Kier molecular flexibility index (Phi) is 45.8. The molecule has 0 unspecified atom stereocenters. The maximum absolute atomic E-state index is 9.59. The van der Waals surface area contributed by atoms with Crippen molar-refractivity contribution in [3.63, 3.8) is 0 Å². The van der Waals surface area contributed by atoms with E-state index < -0.39 is 0 Å². The van der Waals surface area contributed by atoms with E-state index in [2.05, 4.69) is 12.2 Å². The zero-order valence-corrected chi connectivity index (χ0v) is 13.4. The average Bonchev–Trinajstić information content (AvgIpc) is 1.38. The van der Waals surface area contributed by atoms with Gasteiger partial charge in [-0.3, -0.25) is 0 Å². The Balaban J connectivity index is -0.0000000267. The van der Waals surface area contributed by atoms with E-state index in [-0.39, 0.29) is 104 Å². The van der Waals surface area contributed by atoms with Crippen LogP contribution in [-0.4, -0.2) is 13.0 Å². The van der Waals surface area contributed by atoms with Gasteiger partial charge in [0.1, 0.15) is 0 Å². The van der Waals surface area contributed by atoms with Gasteiger partial charge in [-0.15, -0.1) is 0 Å². The van der Waals surface area contributed by atoms with Crippen LogP contribution in [0.5, 0.6) is 0 Å². The first-order chi connectivity index (χ1) is 2.27. The van der Waals surface area contributed by atoms with E-state index in [1.807, 2.05) is 0 Å². The van der Waals surface area contributed by atoms with Gasteiger partial charge in [0.2, 0.25) is 0 Å². The smallest absolute Gasteiger partial charge is 0.0794 e. The minimum atomic E-state index is -0.245. The minimum Gasteiger partial charge on any atom is -0.384 e. The molecule has 0 bridgehead atoms. The van der Waals surface area contributed by atoms with E-state index in [0.717, 1.165) is 0 Å². The monoisotopic (exact) mass is 339 g/mol. The summed E-state index contributed by atoms with van der Waals surface area (Å²) in [5.41, 5.74) is 0. The van der Waals surface area contributed by atoms with E-state index in [9.17, 15) is 4.79 Å². The zero-order chi connectivity index (χ0) is 4.28. The predicted molar refractivity (Wildman–Crippen MR) is 19.4 cm³/mol. The van der Waals surface area contributed by atoms with E-state index in [4.69, 9.17) is 0 Å². The molecule has 0 aliphatic rings. The second-order valence-electron chi connectivity index (χ2n) is 0.673. The number of carbonyl (C=O) groups excluding carboxylic acids is 1. The van der Waals surface area contributed by atoms with Crippen LogP contribution in [0.15, 0.2) is 0 Å². The summed E-state index contributed by atoms with van der Waals surface area (Å²) < 4.78 is 0. The zero-order valence-electron chi connectivity index (χ0n) is 4.85. The van der Waals surface area contributed by atoms with E-state index in [1.54, 1.807) is 0 Å². The Morgan fingerprint density at radius 3 is 1.50 bits per heavy atom. The molecule has 0 fully saturated rings. The molecule has 1 N–H and O–H groups in total. The van der Waals surface area contributed by atoms with Gasteiger partial charge in [0.15, 0.2) is 0 Å². The minimum absolute atomic E-state index is 0. The van der Waals surface area contributed by atoms with Crippen LogP contribution >= 0.6 is 0 Å². The largest absolute Gasteiger partial charge is 0.384 e. The fourth-order valence-corrected chi connectivity index (χ4v) is 0. The molecule has 0 atom stereocenters. The Labute approximate surface area is 125 Å². The van der Waals surface area contributed by atoms with Gasteiger partial charge in [-0.2, -0.15) is 0 Å². The standard InChI is InChI=1S/C3H6NO.3Y/c1-3(5)4-2;;;/h1H2,2H3,(H,4,5);;;/q-1;;;. The second kappa shape index (κ2) is 16.3. The van der Waals surface area contributed by atoms with Crippen LogP contribution in [0.1, 0.15) is 0 Å². The van der Waals surface area contributed by atoms with Gasteiger partial charge in [0, 0.05) is 105 Å². The SMILES string of the molecule is [CH2-]C(=O)NC.[Y].[Y].[Y]. The number of carbonyl (C=O) groups is 1. The summed E-state index contributed by atoms with van der Waals surface area (Å²) in [5, 5.41) is 2.28. The summed E-state index contributed by atoms with van der Waals surface area (Å²) in [6, 6.07) is 0. The molecule has 0 aliphatic carbocycles. The summed E-state index contributed by atoms with van der Waals surface area (Å²) in [4.78, 5) is 9.59. The first kappa shape index (κ1) is 22.4. The van der Waals surface area contributed by atoms with Gasteiger partial charge >= 0.3 is 0 Å². The molecular formula is C3H6NOY3-. The first-order valence-corrected chi connectivity index (χ1v) is 1.31. The molecule has 5 heteroatoms. The third-order valence-corrected chi connectivity index (χ3v) is 0.279. The summed E-state index contributed by atoms with van der Waals surface area (Å²) in [6.07, 6.45) is 0. The van der Waals surface area contributed by atoms with Gasteiger partial charge in [-0.05, 0) is 0 Å². The van der Waals surface area contributed by atoms with Crippen molar-refractivity contribution in [2.45, 2.75) is 0 Å². The molecule has 0 rings (SSSR count). The normalized spacial score (nSPS) is 4.12. The van der Waals surface area contributed by atoms with Crippen LogP contribution in [0, 0.1) is 6.92 Å². The van der Waals surface area contributed by atoms with Gasteiger partial charge < -0.3 is 17.0 Å². The molecule has 1 amide bonds. The van der Waals surface area contributed by atoms with Crippen molar-refractivity contribution in [2.75, 3.05) is 7.05 Å². The molecule has 0 saturated heterocycles. The summed E-state index contributed by atoms with van der Waals surface area (Å²) >= 11 is 0. The Bertz CT molecular complexity index is 49.8. The van der Waals surface area contributed by atoms with E-state index in [1.165, 1.54) is 7.05 Å². The quantitative estimate of drug-likeness (QED) is 0.596. The van der Waals surface area contributed by atoms with E-state index in [0.29, 0.717) is 0 Å². The maximum atomic E-state index is 9.59. The molecule has 8 heavy (non-hydrogen) atoms. The topological polar surface area (TPSA) is 29.1 Å². The molecule has 0 aromatic heterocycles. The van der Waals surface area contributed by atoms with Crippen LogP contribution in [0.4, 0.5) is 0 Å². The van der Waals surface area contributed by atoms with Crippen LogP contribution in [-0.2, 0) is 103 Å². The van der Waals surface area contributed by atoms with Gasteiger partial charge in [0.25, 0.3) is 0 Å². The molecule has 0 aliphatic heterocycles. The Hall–Kier alpha value is 2.65. The molecule has 3 radical (unpaired) electrons. The number of hydrogen-bond acceptors (Lipinski definition) is 1. The predicted octanol–water partition coefficient (Wildman–Crippen LogP) is -0.441. The van der Waals surface area contributed by atoms with Crippen molar-refractivity contribution in [1.29, 1.82) is 0 Å². The van der Waals surface area contributed by atoms with Crippen LogP contribution in [0.2, 0.25) is 0 Å². The van der Waals surface area contributed by atoms with Crippen molar-refractivity contribution in [2.24, 2.45) is 0 Å². The Morgan fingerprint density at radius 2 is 1.50 bits per heavy atom. The fourth-order valence-electron chi connectivity index (χ4n) is 0. The van der Waals surface area contributed by atoms with Crippen molar-refractivity contribution in [3.8, 4) is 0 Å². The second-order valence-corrected chi connectivity index (χ2v) is 0.673. The summed E-state index contributed by atoms with van der Waals surface area (Å²) in [6.45, 7) is 3.01. The number of nitrogens with one attached hydrogen (secondary N) is 1. The number of hydrogen-bond donors (Lipinski definition) is 1. The number of amides is 1. The maximum Gasteiger partial charge on any atom is 0.0794 e. The van der Waals surface area contributed by atoms with Crippen LogP contribution in [0.25, 0.3) is 0 Å². The van der Waals surface area contributed by atoms with Crippen molar-refractivity contribution >= 4 is 5.91 Å². The first-order valence-electron chi connectivity index (χ1n) is 1.31.